The van der Waals surface area contributed by atoms with Gasteiger partial charge in [-0.2, -0.15) is 0 Å². The SMILES string of the molecule is CC(C(=O)O)N1CCn2cnnc2C1. The Kier molecular flexibility index (Phi) is 2.20. The van der Waals surface area contributed by atoms with E-state index in [1.807, 2.05) is 9.47 Å². The molecule has 1 aliphatic heterocycles. The highest BCUT2D eigenvalue weighted by atomic mass is 16.4. The lowest BCUT2D eigenvalue weighted by molar-refractivity contribution is -0.143. The van der Waals surface area contributed by atoms with E-state index in [-0.39, 0.29) is 0 Å². The third-order valence-electron chi connectivity index (χ3n) is 2.57. The molecule has 0 saturated carbocycles. The highest BCUT2D eigenvalue weighted by Gasteiger charge is 2.25. The quantitative estimate of drug-likeness (QED) is 0.694. The zero-order valence-corrected chi connectivity index (χ0v) is 7.92. The van der Waals surface area contributed by atoms with Gasteiger partial charge < -0.3 is 9.67 Å². The first-order valence-corrected chi connectivity index (χ1v) is 4.52. The van der Waals surface area contributed by atoms with Crippen molar-refractivity contribution in [1.82, 2.24) is 19.7 Å². The Bertz CT molecular complexity index is 349. The number of aliphatic carboxylic acids is 1. The van der Waals surface area contributed by atoms with Gasteiger partial charge in [0.15, 0.2) is 0 Å². The van der Waals surface area contributed by atoms with Crippen molar-refractivity contribution in [3.05, 3.63) is 12.2 Å². The summed E-state index contributed by atoms with van der Waals surface area (Å²) in [5.41, 5.74) is 0. The maximum atomic E-state index is 10.8. The summed E-state index contributed by atoms with van der Waals surface area (Å²) in [7, 11) is 0. The number of aromatic nitrogens is 3. The van der Waals surface area contributed by atoms with Gasteiger partial charge in [-0.25, -0.2) is 0 Å². The Morgan fingerprint density at radius 3 is 3.14 bits per heavy atom. The van der Waals surface area contributed by atoms with Gasteiger partial charge in [-0.05, 0) is 6.92 Å². The molecule has 0 amide bonds. The minimum Gasteiger partial charge on any atom is -0.480 e. The third kappa shape index (κ3) is 1.48. The van der Waals surface area contributed by atoms with E-state index in [2.05, 4.69) is 10.2 Å². The lowest BCUT2D eigenvalue weighted by atomic mass is 10.2. The molecule has 6 nitrogen and oxygen atoms in total. The van der Waals surface area contributed by atoms with Crippen LogP contribution in [0.15, 0.2) is 6.33 Å². The molecule has 0 fully saturated rings. The Balaban J connectivity index is 2.11. The second-order valence-electron chi connectivity index (χ2n) is 3.43. The smallest absolute Gasteiger partial charge is 0.320 e. The van der Waals surface area contributed by atoms with Crippen LogP contribution in [-0.2, 0) is 17.9 Å². The minimum absolute atomic E-state index is 0.458. The summed E-state index contributed by atoms with van der Waals surface area (Å²) in [6, 6.07) is -0.458. The first-order chi connectivity index (χ1) is 6.68. The fourth-order valence-corrected chi connectivity index (χ4v) is 1.57. The summed E-state index contributed by atoms with van der Waals surface area (Å²) in [5, 5.41) is 16.6. The zero-order valence-electron chi connectivity index (χ0n) is 7.92. The van der Waals surface area contributed by atoms with Gasteiger partial charge >= 0.3 is 5.97 Å². The third-order valence-corrected chi connectivity index (χ3v) is 2.57. The number of carbonyl (C=O) groups is 1. The molecule has 1 aromatic rings. The van der Waals surface area contributed by atoms with Crippen LogP contribution in [-0.4, -0.2) is 43.3 Å². The van der Waals surface area contributed by atoms with Crippen LogP contribution in [0.5, 0.6) is 0 Å². The molecule has 14 heavy (non-hydrogen) atoms. The largest absolute Gasteiger partial charge is 0.480 e. The highest BCUT2D eigenvalue weighted by molar-refractivity contribution is 5.72. The summed E-state index contributed by atoms with van der Waals surface area (Å²) < 4.78 is 1.95. The predicted octanol–water partition coefficient (Wildman–Crippen LogP) is -0.433. The molecule has 1 aromatic heterocycles. The van der Waals surface area contributed by atoms with Gasteiger partial charge in [-0.15, -0.1) is 10.2 Å². The van der Waals surface area contributed by atoms with Gasteiger partial charge in [0, 0.05) is 13.1 Å². The fourth-order valence-electron chi connectivity index (χ4n) is 1.57. The van der Waals surface area contributed by atoms with E-state index in [1.54, 1.807) is 13.3 Å². The molecule has 0 aliphatic carbocycles. The van der Waals surface area contributed by atoms with E-state index in [9.17, 15) is 4.79 Å². The Labute approximate surface area is 81.2 Å². The number of fused-ring (bicyclic) bond motifs is 1. The summed E-state index contributed by atoms with van der Waals surface area (Å²) in [4.78, 5) is 12.6. The number of hydrogen-bond donors (Lipinski definition) is 1. The Hall–Kier alpha value is -1.43. The predicted molar refractivity (Wildman–Crippen MR) is 47.5 cm³/mol. The Morgan fingerprint density at radius 1 is 1.64 bits per heavy atom. The van der Waals surface area contributed by atoms with Gasteiger partial charge in [-0.1, -0.05) is 0 Å². The maximum absolute atomic E-state index is 10.8. The zero-order chi connectivity index (χ0) is 10.1. The maximum Gasteiger partial charge on any atom is 0.320 e. The van der Waals surface area contributed by atoms with Crippen LogP contribution in [0.1, 0.15) is 12.7 Å². The van der Waals surface area contributed by atoms with Crippen LogP contribution in [0.4, 0.5) is 0 Å². The lowest BCUT2D eigenvalue weighted by Crippen LogP contribution is -2.43. The van der Waals surface area contributed by atoms with Gasteiger partial charge in [0.05, 0.1) is 6.54 Å². The molecule has 0 saturated heterocycles. The molecule has 0 spiro atoms. The summed E-state index contributed by atoms with van der Waals surface area (Å²) in [6.07, 6.45) is 1.68. The monoisotopic (exact) mass is 196 g/mol. The second kappa shape index (κ2) is 3.38. The summed E-state index contributed by atoms with van der Waals surface area (Å²) in [5.74, 6) is 0.0438. The van der Waals surface area contributed by atoms with Crippen molar-refractivity contribution in [2.24, 2.45) is 0 Å². The van der Waals surface area contributed by atoms with Crippen molar-refractivity contribution >= 4 is 5.97 Å². The van der Waals surface area contributed by atoms with Gasteiger partial charge in [0.1, 0.15) is 18.2 Å². The van der Waals surface area contributed by atoms with Crippen LogP contribution in [0.2, 0.25) is 0 Å². The average Bonchev–Trinajstić information content (AvgIpc) is 2.62. The molecule has 6 heteroatoms. The van der Waals surface area contributed by atoms with Crippen molar-refractivity contribution < 1.29 is 9.90 Å². The van der Waals surface area contributed by atoms with Crippen molar-refractivity contribution in [1.29, 1.82) is 0 Å². The van der Waals surface area contributed by atoms with Crippen molar-refractivity contribution in [2.75, 3.05) is 6.54 Å². The molecular formula is C8H12N4O2. The van der Waals surface area contributed by atoms with Crippen molar-refractivity contribution in [3.63, 3.8) is 0 Å². The van der Waals surface area contributed by atoms with Gasteiger partial charge in [-0.3, -0.25) is 9.69 Å². The highest BCUT2D eigenvalue weighted by Crippen LogP contribution is 2.11. The molecule has 0 radical (unpaired) electrons. The first kappa shape index (κ1) is 9.14. The normalized spacial score (nSPS) is 18.9. The standard InChI is InChI=1S/C8H12N4O2/c1-6(8(13)14)11-2-3-12-5-9-10-7(12)4-11/h5-6H,2-4H2,1H3,(H,13,14). The molecular weight excluding hydrogens is 184 g/mol. The van der Waals surface area contributed by atoms with Crippen molar-refractivity contribution in [2.45, 2.75) is 26.1 Å². The number of carboxylic acid groups (broad SMARTS) is 1. The number of nitrogens with zero attached hydrogens (tertiary/aromatic N) is 4. The molecule has 0 bridgehead atoms. The molecule has 1 unspecified atom stereocenters. The van der Waals surface area contributed by atoms with Crippen LogP contribution in [0.25, 0.3) is 0 Å². The minimum atomic E-state index is -0.794. The van der Waals surface area contributed by atoms with Gasteiger partial charge in [0.25, 0.3) is 0 Å². The van der Waals surface area contributed by atoms with Crippen LogP contribution < -0.4 is 0 Å². The summed E-state index contributed by atoms with van der Waals surface area (Å²) >= 11 is 0. The van der Waals surface area contributed by atoms with E-state index in [0.717, 1.165) is 18.9 Å². The number of rotatable bonds is 2. The lowest BCUT2D eigenvalue weighted by Gasteiger charge is -2.29. The van der Waals surface area contributed by atoms with Crippen LogP contribution >= 0.6 is 0 Å². The van der Waals surface area contributed by atoms with Gasteiger partial charge in [0.2, 0.25) is 0 Å². The second-order valence-corrected chi connectivity index (χ2v) is 3.43. The van der Waals surface area contributed by atoms with E-state index in [4.69, 9.17) is 5.11 Å². The van der Waals surface area contributed by atoms with E-state index in [1.165, 1.54) is 0 Å². The first-order valence-electron chi connectivity index (χ1n) is 4.52. The number of carboxylic acids is 1. The van der Waals surface area contributed by atoms with Crippen LogP contribution in [0, 0.1) is 0 Å². The molecule has 1 N–H and O–H groups in total. The summed E-state index contributed by atoms with van der Waals surface area (Å²) in [6.45, 7) is 3.75. The molecule has 1 atom stereocenters. The molecule has 0 aromatic carbocycles. The van der Waals surface area contributed by atoms with E-state index in [0.29, 0.717) is 6.54 Å². The average molecular weight is 196 g/mol. The molecule has 1 aliphatic rings. The Morgan fingerprint density at radius 2 is 2.43 bits per heavy atom. The molecule has 2 heterocycles. The fraction of sp³-hybridized carbons (Fsp3) is 0.625. The topological polar surface area (TPSA) is 71.2 Å². The number of hydrogen-bond acceptors (Lipinski definition) is 4. The molecule has 76 valence electrons. The van der Waals surface area contributed by atoms with Crippen molar-refractivity contribution in [3.8, 4) is 0 Å². The van der Waals surface area contributed by atoms with E-state index >= 15 is 0 Å². The van der Waals surface area contributed by atoms with E-state index < -0.39 is 12.0 Å². The molecule has 2 rings (SSSR count). The van der Waals surface area contributed by atoms with Crippen LogP contribution in [0.3, 0.4) is 0 Å².